The van der Waals surface area contributed by atoms with Crippen LogP contribution < -0.4 is 20.1 Å². The molecular formula is C29H32FN5O4S. The standard InChI is InChI=1S/C29H32FN5O4S/c1-19-11-12-22(16-23(19)30)40(37,38)34-27-26-24(9-5-10-25(26)39-3)35(33-27)18-21-8-4-7-20(15-21)17-31-28(36)29(2)13-6-14-32-29/h4-5,7-12,15-16,32H,6,13-14,17-18H2,1-3H3,(H,31,36)(H,33,34)/t29-/m0/s1. The van der Waals surface area contributed by atoms with Gasteiger partial charge >= 0.3 is 0 Å². The molecule has 0 aliphatic carbocycles. The number of carbonyl (C=O) groups excluding carboxylic acids is 1. The van der Waals surface area contributed by atoms with Gasteiger partial charge in [-0.2, -0.15) is 5.10 Å². The Bertz CT molecular complexity index is 1680. The fraction of sp³-hybridized carbons (Fsp3) is 0.310. The topological polar surface area (TPSA) is 114 Å². The summed E-state index contributed by atoms with van der Waals surface area (Å²) in [5.74, 6) is -0.109. The normalized spacial score (nSPS) is 17.2. The van der Waals surface area contributed by atoms with Gasteiger partial charge in [0.05, 0.1) is 35.0 Å². The number of nitrogens with one attached hydrogen (secondary N) is 3. The van der Waals surface area contributed by atoms with Crippen molar-refractivity contribution in [3.8, 4) is 5.75 Å². The largest absolute Gasteiger partial charge is 0.496 e. The molecule has 1 aliphatic heterocycles. The van der Waals surface area contributed by atoms with E-state index in [1.165, 1.54) is 19.2 Å². The number of hydrogen-bond donors (Lipinski definition) is 3. The van der Waals surface area contributed by atoms with Crippen LogP contribution >= 0.6 is 0 Å². The molecule has 1 saturated heterocycles. The van der Waals surface area contributed by atoms with Gasteiger partial charge in [-0.05, 0) is 74.2 Å². The van der Waals surface area contributed by atoms with Crippen molar-refractivity contribution in [3.63, 3.8) is 0 Å². The number of carbonyl (C=O) groups is 1. The zero-order valence-electron chi connectivity index (χ0n) is 22.6. The van der Waals surface area contributed by atoms with E-state index in [1.54, 1.807) is 23.7 Å². The highest BCUT2D eigenvalue weighted by atomic mass is 32.2. The molecule has 3 N–H and O–H groups in total. The van der Waals surface area contributed by atoms with Crippen LogP contribution in [0, 0.1) is 12.7 Å². The molecule has 1 aliphatic rings. The summed E-state index contributed by atoms with van der Waals surface area (Å²) in [4.78, 5) is 12.5. The molecule has 1 atom stereocenters. The molecule has 40 heavy (non-hydrogen) atoms. The van der Waals surface area contributed by atoms with Crippen LogP contribution in [-0.2, 0) is 27.9 Å². The molecule has 0 saturated carbocycles. The lowest BCUT2D eigenvalue weighted by Gasteiger charge is -2.23. The summed E-state index contributed by atoms with van der Waals surface area (Å²) in [7, 11) is -2.63. The van der Waals surface area contributed by atoms with Gasteiger partial charge < -0.3 is 15.4 Å². The van der Waals surface area contributed by atoms with Crippen molar-refractivity contribution in [2.45, 2.75) is 50.2 Å². The van der Waals surface area contributed by atoms with Gasteiger partial charge in [-0.3, -0.25) is 14.2 Å². The third-order valence-corrected chi connectivity index (χ3v) is 8.63. The van der Waals surface area contributed by atoms with Gasteiger partial charge in [-0.1, -0.05) is 36.4 Å². The molecule has 2 heterocycles. The maximum Gasteiger partial charge on any atom is 0.263 e. The number of halogens is 1. The third-order valence-electron chi connectivity index (χ3n) is 7.29. The Kier molecular flexibility index (Phi) is 7.52. The summed E-state index contributed by atoms with van der Waals surface area (Å²) < 4.78 is 50.2. The van der Waals surface area contributed by atoms with Crippen LogP contribution in [0.25, 0.3) is 10.9 Å². The number of methoxy groups -OCH3 is 1. The first-order valence-electron chi connectivity index (χ1n) is 13.0. The van der Waals surface area contributed by atoms with Crippen LogP contribution in [0.4, 0.5) is 10.2 Å². The fourth-order valence-corrected chi connectivity index (χ4v) is 5.98. The number of fused-ring (bicyclic) bond motifs is 1. The van der Waals surface area contributed by atoms with Crippen LogP contribution in [0.15, 0.2) is 65.6 Å². The van der Waals surface area contributed by atoms with Crippen LogP contribution in [-0.4, -0.2) is 43.3 Å². The van der Waals surface area contributed by atoms with Crippen molar-refractivity contribution in [1.29, 1.82) is 0 Å². The van der Waals surface area contributed by atoms with Crippen molar-refractivity contribution < 1.29 is 22.3 Å². The quantitative estimate of drug-likeness (QED) is 0.282. The Balaban J connectivity index is 1.42. The first-order valence-corrected chi connectivity index (χ1v) is 14.5. The Hall–Kier alpha value is -3.96. The van der Waals surface area contributed by atoms with E-state index in [0.29, 0.717) is 35.3 Å². The van der Waals surface area contributed by atoms with E-state index in [2.05, 4.69) is 20.5 Å². The number of aryl methyl sites for hydroxylation is 1. The van der Waals surface area contributed by atoms with Gasteiger partial charge in [0.15, 0.2) is 5.82 Å². The number of ether oxygens (including phenoxy) is 1. The van der Waals surface area contributed by atoms with Crippen LogP contribution in [0.2, 0.25) is 0 Å². The van der Waals surface area contributed by atoms with Gasteiger partial charge in [0.25, 0.3) is 10.0 Å². The summed E-state index contributed by atoms with van der Waals surface area (Å²) in [6, 6.07) is 16.9. The molecule has 0 spiro atoms. The number of nitrogens with zero attached hydrogens (tertiary/aromatic N) is 2. The molecule has 210 valence electrons. The van der Waals surface area contributed by atoms with E-state index in [4.69, 9.17) is 4.74 Å². The van der Waals surface area contributed by atoms with Gasteiger partial charge in [0.2, 0.25) is 5.91 Å². The molecule has 4 aromatic rings. The molecule has 0 unspecified atom stereocenters. The monoisotopic (exact) mass is 565 g/mol. The van der Waals surface area contributed by atoms with Crippen molar-refractivity contribution in [1.82, 2.24) is 20.4 Å². The highest BCUT2D eigenvalue weighted by Crippen LogP contribution is 2.34. The summed E-state index contributed by atoms with van der Waals surface area (Å²) in [6.07, 6.45) is 1.78. The lowest BCUT2D eigenvalue weighted by atomic mass is 9.99. The third kappa shape index (κ3) is 5.52. The molecule has 5 rings (SSSR count). The van der Waals surface area contributed by atoms with E-state index >= 15 is 0 Å². The average molecular weight is 566 g/mol. The molecule has 3 aromatic carbocycles. The average Bonchev–Trinajstić information content (AvgIpc) is 3.53. The van der Waals surface area contributed by atoms with E-state index < -0.39 is 21.4 Å². The molecule has 1 fully saturated rings. The highest BCUT2D eigenvalue weighted by molar-refractivity contribution is 7.92. The van der Waals surface area contributed by atoms with Crippen molar-refractivity contribution >= 4 is 32.7 Å². The first-order chi connectivity index (χ1) is 19.1. The van der Waals surface area contributed by atoms with Gasteiger partial charge in [-0.15, -0.1) is 0 Å². The SMILES string of the molecule is COc1cccc2c1c(NS(=O)(=O)c1ccc(C)c(F)c1)nn2Cc1cccc(CNC(=O)[C@]2(C)CCCN2)c1. The molecule has 0 radical (unpaired) electrons. The van der Waals surface area contributed by atoms with E-state index in [-0.39, 0.29) is 16.6 Å². The van der Waals surface area contributed by atoms with E-state index in [0.717, 1.165) is 36.6 Å². The van der Waals surface area contributed by atoms with Gasteiger partial charge in [-0.25, -0.2) is 12.8 Å². The number of rotatable bonds is 9. The minimum absolute atomic E-state index is 0.0223. The maximum atomic E-state index is 14.1. The minimum atomic E-state index is -4.13. The van der Waals surface area contributed by atoms with Crippen molar-refractivity contribution in [3.05, 3.63) is 83.2 Å². The number of sulfonamides is 1. The van der Waals surface area contributed by atoms with Crippen molar-refractivity contribution in [2.75, 3.05) is 18.4 Å². The predicted molar refractivity (Wildman–Crippen MR) is 151 cm³/mol. The highest BCUT2D eigenvalue weighted by Gasteiger charge is 2.35. The number of amides is 1. The Morgan fingerprint density at radius 3 is 2.65 bits per heavy atom. The molecule has 9 nitrogen and oxygen atoms in total. The molecule has 0 bridgehead atoms. The Morgan fingerprint density at radius 1 is 1.15 bits per heavy atom. The fourth-order valence-electron chi connectivity index (χ4n) is 4.96. The number of hydrogen-bond acceptors (Lipinski definition) is 6. The molecule has 1 aromatic heterocycles. The zero-order valence-corrected chi connectivity index (χ0v) is 23.4. The van der Waals surface area contributed by atoms with E-state index in [1.807, 2.05) is 37.3 Å². The molecule has 1 amide bonds. The second-order valence-electron chi connectivity index (χ2n) is 10.2. The van der Waals surface area contributed by atoms with Gasteiger partial charge in [0.1, 0.15) is 11.6 Å². The first kappa shape index (κ1) is 27.6. The summed E-state index contributed by atoms with van der Waals surface area (Å²) in [6.45, 7) is 5.04. The second-order valence-corrected chi connectivity index (χ2v) is 11.9. The van der Waals surface area contributed by atoms with Crippen molar-refractivity contribution in [2.24, 2.45) is 0 Å². The lowest BCUT2D eigenvalue weighted by Crippen LogP contribution is -2.50. The smallest absolute Gasteiger partial charge is 0.263 e. The number of aromatic nitrogens is 2. The number of anilines is 1. The summed E-state index contributed by atoms with van der Waals surface area (Å²) >= 11 is 0. The molecule has 11 heteroatoms. The number of benzene rings is 3. The van der Waals surface area contributed by atoms with E-state index in [9.17, 15) is 17.6 Å². The predicted octanol–water partition coefficient (Wildman–Crippen LogP) is 4.10. The van der Waals surface area contributed by atoms with Crippen LogP contribution in [0.3, 0.4) is 0 Å². The molecular weight excluding hydrogens is 533 g/mol. The second kappa shape index (κ2) is 10.9. The Morgan fingerprint density at radius 2 is 1.93 bits per heavy atom. The van der Waals surface area contributed by atoms with Crippen LogP contribution in [0.1, 0.15) is 36.5 Å². The van der Waals surface area contributed by atoms with Gasteiger partial charge in [0, 0.05) is 6.54 Å². The lowest BCUT2D eigenvalue weighted by molar-refractivity contribution is -0.126. The maximum absolute atomic E-state index is 14.1. The summed E-state index contributed by atoms with van der Waals surface area (Å²) in [5, 5.41) is 11.4. The minimum Gasteiger partial charge on any atom is -0.496 e. The van der Waals surface area contributed by atoms with Crippen LogP contribution in [0.5, 0.6) is 5.75 Å². The Labute approximate surface area is 232 Å². The summed E-state index contributed by atoms with van der Waals surface area (Å²) in [5.41, 5.74) is 2.31. The zero-order chi connectivity index (χ0) is 28.5.